The summed E-state index contributed by atoms with van der Waals surface area (Å²) in [4.78, 5) is 0. The minimum atomic E-state index is 0.0684. The molecule has 2 atom stereocenters. The van der Waals surface area contributed by atoms with Crippen LogP contribution >= 0.6 is 0 Å². The lowest BCUT2D eigenvalue weighted by molar-refractivity contribution is 0.123. The van der Waals surface area contributed by atoms with E-state index in [0.29, 0.717) is 0 Å². The second-order valence-corrected chi connectivity index (χ2v) is 6.10. The summed E-state index contributed by atoms with van der Waals surface area (Å²) in [6.07, 6.45) is 2.18. The smallest absolute Gasteiger partial charge is 0.150 e. The van der Waals surface area contributed by atoms with E-state index in [9.17, 15) is 0 Å². The van der Waals surface area contributed by atoms with Gasteiger partial charge in [-0.15, -0.1) is 0 Å². The van der Waals surface area contributed by atoms with Gasteiger partial charge >= 0.3 is 0 Å². The van der Waals surface area contributed by atoms with Crippen LogP contribution in [0.1, 0.15) is 36.9 Å². The van der Waals surface area contributed by atoms with Crippen molar-refractivity contribution in [2.45, 2.75) is 32.0 Å². The molecule has 3 aromatic rings. The number of ether oxygens (including phenoxy) is 1. The fourth-order valence-corrected chi connectivity index (χ4v) is 3.45. The molecule has 23 heavy (non-hydrogen) atoms. The summed E-state index contributed by atoms with van der Waals surface area (Å²) < 4.78 is 6.22. The van der Waals surface area contributed by atoms with Crippen molar-refractivity contribution in [2.24, 2.45) is 0 Å². The van der Waals surface area contributed by atoms with Crippen LogP contribution in [0, 0.1) is 0 Å². The average molecular weight is 303 g/mol. The molecule has 0 saturated heterocycles. The van der Waals surface area contributed by atoms with Gasteiger partial charge in [0.2, 0.25) is 0 Å². The summed E-state index contributed by atoms with van der Waals surface area (Å²) >= 11 is 0. The number of hydrogen-bond acceptors (Lipinski definition) is 2. The van der Waals surface area contributed by atoms with Crippen molar-refractivity contribution in [3.05, 3.63) is 77.9 Å². The number of benzene rings is 3. The number of hydrogen-bond donors (Lipinski definition) is 1. The lowest BCUT2D eigenvalue weighted by Gasteiger charge is -2.35. The Kier molecular flexibility index (Phi) is 3.76. The summed E-state index contributed by atoms with van der Waals surface area (Å²) in [6, 6.07) is 23.6. The molecule has 4 rings (SSSR count). The van der Waals surface area contributed by atoms with Crippen molar-refractivity contribution in [3.8, 4) is 5.75 Å². The standard InChI is InChI=1S/C21H21NO/c1-2-8-19-22-21(16-10-4-3-5-11-16)20-17-12-7-6-9-15(17)13-14-18(20)23-19/h3-7,9-14,19,21-22H,2,8H2,1H3/t19-,21+/m1/s1. The second kappa shape index (κ2) is 6.05. The Morgan fingerprint density at radius 2 is 1.70 bits per heavy atom. The van der Waals surface area contributed by atoms with Crippen molar-refractivity contribution in [1.82, 2.24) is 5.32 Å². The van der Waals surface area contributed by atoms with E-state index in [1.54, 1.807) is 0 Å². The van der Waals surface area contributed by atoms with Gasteiger partial charge in [-0.3, -0.25) is 5.32 Å². The maximum absolute atomic E-state index is 6.22. The molecule has 1 N–H and O–H groups in total. The quantitative estimate of drug-likeness (QED) is 0.732. The van der Waals surface area contributed by atoms with Gasteiger partial charge in [-0.2, -0.15) is 0 Å². The molecule has 2 heteroatoms. The van der Waals surface area contributed by atoms with Gasteiger partial charge in [0.15, 0.2) is 6.23 Å². The predicted molar refractivity (Wildman–Crippen MR) is 94.7 cm³/mol. The summed E-state index contributed by atoms with van der Waals surface area (Å²) in [7, 11) is 0. The van der Waals surface area contributed by atoms with Crippen LogP contribution in [0.4, 0.5) is 0 Å². The minimum absolute atomic E-state index is 0.0684. The Hall–Kier alpha value is -2.32. The molecule has 0 unspecified atom stereocenters. The van der Waals surface area contributed by atoms with Crippen LogP contribution in [0.2, 0.25) is 0 Å². The first kappa shape index (κ1) is 14.3. The Labute approximate surface area is 137 Å². The topological polar surface area (TPSA) is 21.3 Å². The van der Waals surface area contributed by atoms with E-state index in [4.69, 9.17) is 4.74 Å². The third-order valence-electron chi connectivity index (χ3n) is 4.52. The number of rotatable bonds is 3. The molecular formula is C21H21NO. The van der Waals surface area contributed by atoms with E-state index in [0.717, 1.165) is 18.6 Å². The molecule has 1 heterocycles. The molecule has 1 aliphatic rings. The first-order valence-corrected chi connectivity index (χ1v) is 8.36. The average Bonchev–Trinajstić information content (AvgIpc) is 2.62. The van der Waals surface area contributed by atoms with Crippen molar-refractivity contribution >= 4 is 10.8 Å². The summed E-state index contributed by atoms with van der Waals surface area (Å²) in [5, 5.41) is 6.22. The largest absolute Gasteiger partial charge is 0.475 e. The summed E-state index contributed by atoms with van der Waals surface area (Å²) in [6.45, 7) is 2.19. The molecule has 0 fully saturated rings. The molecule has 0 saturated carbocycles. The van der Waals surface area contributed by atoms with Gasteiger partial charge in [0.05, 0.1) is 6.04 Å². The molecule has 0 bridgehead atoms. The summed E-state index contributed by atoms with van der Waals surface area (Å²) in [5.74, 6) is 1.01. The van der Waals surface area contributed by atoms with E-state index >= 15 is 0 Å². The van der Waals surface area contributed by atoms with Crippen LogP contribution in [0.5, 0.6) is 5.75 Å². The molecule has 0 aromatic heterocycles. The lowest BCUT2D eigenvalue weighted by atomic mass is 9.91. The Bertz CT molecular complexity index is 812. The lowest BCUT2D eigenvalue weighted by Crippen LogP contribution is -2.41. The molecule has 2 nitrogen and oxygen atoms in total. The van der Waals surface area contributed by atoms with E-state index < -0.39 is 0 Å². The van der Waals surface area contributed by atoms with Gasteiger partial charge in [0.1, 0.15) is 5.75 Å². The minimum Gasteiger partial charge on any atom is -0.475 e. The zero-order chi connectivity index (χ0) is 15.6. The first-order valence-electron chi connectivity index (χ1n) is 8.36. The van der Waals surface area contributed by atoms with Crippen LogP contribution in [0.25, 0.3) is 10.8 Å². The molecule has 0 radical (unpaired) electrons. The molecule has 1 aliphatic heterocycles. The van der Waals surface area contributed by atoms with Gasteiger partial charge in [0, 0.05) is 5.56 Å². The molecule has 0 aliphatic carbocycles. The van der Waals surface area contributed by atoms with Gasteiger partial charge in [-0.05, 0) is 28.8 Å². The monoisotopic (exact) mass is 303 g/mol. The second-order valence-electron chi connectivity index (χ2n) is 6.10. The van der Waals surface area contributed by atoms with E-state index in [-0.39, 0.29) is 12.3 Å². The van der Waals surface area contributed by atoms with Gasteiger partial charge < -0.3 is 4.74 Å². The molecular weight excluding hydrogens is 282 g/mol. The van der Waals surface area contributed by atoms with Gasteiger partial charge in [-0.1, -0.05) is 74.0 Å². The maximum Gasteiger partial charge on any atom is 0.150 e. The highest BCUT2D eigenvalue weighted by Gasteiger charge is 2.29. The van der Waals surface area contributed by atoms with Gasteiger partial charge in [0.25, 0.3) is 0 Å². The maximum atomic E-state index is 6.22. The Morgan fingerprint density at radius 3 is 2.52 bits per heavy atom. The highest BCUT2D eigenvalue weighted by molar-refractivity contribution is 5.89. The van der Waals surface area contributed by atoms with Crippen LogP contribution in [-0.2, 0) is 0 Å². The molecule has 3 aromatic carbocycles. The van der Waals surface area contributed by atoms with Gasteiger partial charge in [-0.25, -0.2) is 0 Å². The fraction of sp³-hybridized carbons (Fsp3) is 0.238. The highest BCUT2D eigenvalue weighted by Crippen LogP contribution is 2.40. The number of fused-ring (bicyclic) bond motifs is 3. The third kappa shape index (κ3) is 2.60. The van der Waals surface area contributed by atoms with Crippen LogP contribution < -0.4 is 10.1 Å². The molecule has 0 amide bonds. The van der Waals surface area contributed by atoms with E-state index in [1.807, 2.05) is 0 Å². The Morgan fingerprint density at radius 1 is 0.913 bits per heavy atom. The molecule has 0 spiro atoms. The Balaban J connectivity index is 1.90. The van der Waals surface area contributed by atoms with E-state index in [1.165, 1.54) is 21.9 Å². The zero-order valence-electron chi connectivity index (χ0n) is 13.3. The van der Waals surface area contributed by atoms with Crippen molar-refractivity contribution in [1.29, 1.82) is 0 Å². The summed E-state index contributed by atoms with van der Waals surface area (Å²) in [5.41, 5.74) is 2.54. The SMILES string of the molecule is CCC[C@@H]1N[C@@H](c2ccccc2)c2c(ccc3ccccc23)O1. The highest BCUT2D eigenvalue weighted by atomic mass is 16.5. The van der Waals surface area contributed by atoms with Crippen molar-refractivity contribution in [3.63, 3.8) is 0 Å². The van der Waals surface area contributed by atoms with Crippen LogP contribution in [0.15, 0.2) is 66.7 Å². The van der Waals surface area contributed by atoms with E-state index in [2.05, 4.69) is 79.0 Å². The normalized spacial score (nSPS) is 20.0. The fourth-order valence-electron chi connectivity index (χ4n) is 3.45. The third-order valence-corrected chi connectivity index (χ3v) is 4.52. The van der Waals surface area contributed by atoms with Crippen LogP contribution in [0.3, 0.4) is 0 Å². The number of nitrogens with one attached hydrogen (secondary N) is 1. The molecule has 116 valence electrons. The predicted octanol–water partition coefficient (Wildman–Crippen LogP) is 5.04. The zero-order valence-corrected chi connectivity index (χ0v) is 13.3. The van der Waals surface area contributed by atoms with Crippen molar-refractivity contribution < 1.29 is 4.74 Å². The first-order chi connectivity index (χ1) is 11.4. The van der Waals surface area contributed by atoms with Crippen LogP contribution in [-0.4, -0.2) is 6.23 Å². The van der Waals surface area contributed by atoms with Crippen molar-refractivity contribution in [2.75, 3.05) is 0 Å².